The van der Waals surface area contributed by atoms with E-state index in [1.54, 1.807) is 6.33 Å². The Morgan fingerprint density at radius 1 is 1.33 bits per heavy atom. The summed E-state index contributed by atoms with van der Waals surface area (Å²) in [7, 11) is 1.90. The number of aromatic nitrogens is 2. The Kier molecular flexibility index (Phi) is 3.46. The lowest BCUT2D eigenvalue weighted by Gasteiger charge is -2.16. The number of nitrogens with one attached hydrogen (secondary N) is 2. The second-order valence-corrected chi connectivity index (χ2v) is 6.16. The minimum Gasteiger partial charge on any atom is -0.373 e. The second kappa shape index (κ2) is 4.75. The summed E-state index contributed by atoms with van der Waals surface area (Å²) in [5, 5.41) is 6.64. The molecule has 1 atom stereocenters. The van der Waals surface area contributed by atoms with Crippen LogP contribution in [-0.4, -0.2) is 23.6 Å². The molecule has 0 saturated heterocycles. The van der Waals surface area contributed by atoms with Crippen molar-refractivity contribution in [2.24, 2.45) is 11.3 Å². The van der Waals surface area contributed by atoms with Gasteiger partial charge in [-0.15, -0.1) is 0 Å². The van der Waals surface area contributed by atoms with Crippen LogP contribution in [-0.2, 0) is 0 Å². The molecular weight excluding hydrogens is 224 g/mol. The van der Waals surface area contributed by atoms with Crippen molar-refractivity contribution in [1.29, 1.82) is 0 Å². The van der Waals surface area contributed by atoms with E-state index in [9.17, 15) is 0 Å². The van der Waals surface area contributed by atoms with E-state index in [1.165, 1.54) is 12.0 Å². The maximum Gasteiger partial charge on any atom is 0.134 e. The molecule has 0 aromatic carbocycles. The van der Waals surface area contributed by atoms with Gasteiger partial charge in [0.15, 0.2) is 0 Å². The van der Waals surface area contributed by atoms with E-state index in [0.717, 1.165) is 24.1 Å². The molecule has 4 heteroatoms. The fourth-order valence-electron chi connectivity index (χ4n) is 2.43. The zero-order chi connectivity index (χ0) is 13.3. The minimum atomic E-state index is 0.406. The van der Waals surface area contributed by atoms with Gasteiger partial charge in [0.2, 0.25) is 0 Å². The van der Waals surface area contributed by atoms with Gasteiger partial charge in [0, 0.05) is 19.2 Å². The molecule has 0 spiro atoms. The van der Waals surface area contributed by atoms with E-state index < -0.39 is 0 Å². The van der Waals surface area contributed by atoms with Crippen molar-refractivity contribution < 1.29 is 0 Å². The molecule has 1 aromatic heterocycles. The number of hydrogen-bond acceptors (Lipinski definition) is 4. The lowest BCUT2D eigenvalue weighted by atomic mass is 10.0. The largest absolute Gasteiger partial charge is 0.373 e. The average Bonchev–Trinajstić information content (AvgIpc) is 2.93. The summed E-state index contributed by atoms with van der Waals surface area (Å²) < 4.78 is 0. The van der Waals surface area contributed by atoms with Gasteiger partial charge in [0.1, 0.15) is 18.0 Å². The van der Waals surface area contributed by atoms with Gasteiger partial charge < -0.3 is 10.6 Å². The van der Waals surface area contributed by atoms with Crippen molar-refractivity contribution in [2.45, 2.75) is 40.0 Å². The number of nitrogens with zero attached hydrogens (tertiary/aromatic N) is 2. The first-order valence-corrected chi connectivity index (χ1v) is 6.72. The quantitative estimate of drug-likeness (QED) is 0.840. The summed E-state index contributed by atoms with van der Waals surface area (Å²) in [6.07, 6.45) is 2.93. The molecule has 0 radical (unpaired) electrons. The van der Waals surface area contributed by atoms with Gasteiger partial charge >= 0.3 is 0 Å². The van der Waals surface area contributed by atoms with Crippen LogP contribution in [0.15, 0.2) is 6.33 Å². The van der Waals surface area contributed by atoms with Crippen molar-refractivity contribution in [1.82, 2.24) is 9.97 Å². The molecule has 1 aliphatic carbocycles. The first kappa shape index (κ1) is 13.1. The third kappa shape index (κ3) is 2.57. The Morgan fingerprint density at radius 3 is 2.44 bits per heavy atom. The van der Waals surface area contributed by atoms with Crippen molar-refractivity contribution in [3.63, 3.8) is 0 Å². The molecule has 18 heavy (non-hydrogen) atoms. The van der Waals surface area contributed by atoms with Gasteiger partial charge in [-0.25, -0.2) is 9.97 Å². The Balaban J connectivity index is 2.12. The Hall–Kier alpha value is -1.32. The average molecular weight is 248 g/mol. The van der Waals surface area contributed by atoms with Crippen LogP contribution >= 0.6 is 0 Å². The molecule has 2 N–H and O–H groups in total. The molecule has 4 nitrogen and oxygen atoms in total. The molecule has 1 heterocycles. The predicted octanol–water partition coefficient (Wildman–Crippen LogP) is 3.10. The summed E-state index contributed by atoms with van der Waals surface area (Å²) >= 11 is 0. The monoisotopic (exact) mass is 248 g/mol. The molecule has 1 unspecified atom stereocenters. The molecule has 0 aliphatic heterocycles. The lowest BCUT2D eigenvalue weighted by Crippen LogP contribution is -2.13. The van der Waals surface area contributed by atoms with E-state index in [2.05, 4.69) is 48.3 Å². The topological polar surface area (TPSA) is 49.8 Å². The van der Waals surface area contributed by atoms with E-state index in [4.69, 9.17) is 0 Å². The van der Waals surface area contributed by atoms with Gasteiger partial charge in [0.25, 0.3) is 0 Å². The van der Waals surface area contributed by atoms with Gasteiger partial charge in [-0.05, 0) is 23.7 Å². The molecule has 2 rings (SSSR count). The second-order valence-electron chi connectivity index (χ2n) is 6.16. The van der Waals surface area contributed by atoms with Crippen molar-refractivity contribution >= 4 is 11.6 Å². The highest BCUT2D eigenvalue weighted by atomic mass is 15.1. The molecule has 100 valence electrons. The lowest BCUT2D eigenvalue weighted by molar-refractivity contribution is 0.572. The Morgan fingerprint density at radius 2 is 1.94 bits per heavy atom. The summed E-state index contributed by atoms with van der Waals surface area (Å²) in [5.74, 6) is 3.08. The summed E-state index contributed by atoms with van der Waals surface area (Å²) in [6, 6.07) is 0. The first-order chi connectivity index (χ1) is 8.45. The normalized spacial score (nSPS) is 20.9. The van der Waals surface area contributed by atoms with Gasteiger partial charge in [-0.1, -0.05) is 27.7 Å². The highest BCUT2D eigenvalue weighted by Gasteiger charge is 2.45. The third-order valence-electron chi connectivity index (χ3n) is 3.93. The van der Waals surface area contributed by atoms with Crippen LogP contribution in [0.5, 0.6) is 0 Å². The number of rotatable bonds is 5. The number of anilines is 2. The van der Waals surface area contributed by atoms with Crippen LogP contribution in [0.3, 0.4) is 0 Å². The molecule has 1 saturated carbocycles. The molecule has 0 amide bonds. The highest BCUT2D eigenvalue weighted by Crippen LogP contribution is 2.51. The van der Waals surface area contributed by atoms with E-state index >= 15 is 0 Å². The van der Waals surface area contributed by atoms with E-state index in [1.807, 2.05) is 7.05 Å². The van der Waals surface area contributed by atoms with Gasteiger partial charge in [-0.3, -0.25) is 0 Å². The summed E-state index contributed by atoms with van der Waals surface area (Å²) in [6.45, 7) is 9.99. The van der Waals surface area contributed by atoms with Crippen LogP contribution < -0.4 is 10.6 Å². The molecule has 0 bridgehead atoms. The smallest absolute Gasteiger partial charge is 0.134 e. The van der Waals surface area contributed by atoms with Gasteiger partial charge in [-0.2, -0.15) is 0 Å². The maximum absolute atomic E-state index is 4.39. The third-order valence-corrected chi connectivity index (χ3v) is 3.93. The zero-order valence-electron chi connectivity index (χ0n) is 12.0. The fraction of sp³-hybridized carbons (Fsp3) is 0.714. The first-order valence-electron chi connectivity index (χ1n) is 6.72. The summed E-state index contributed by atoms with van der Waals surface area (Å²) in [4.78, 5) is 8.68. The van der Waals surface area contributed by atoms with Crippen LogP contribution in [0.1, 0.15) is 45.6 Å². The minimum absolute atomic E-state index is 0.406. The highest BCUT2D eigenvalue weighted by molar-refractivity contribution is 5.58. The van der Waals surface area contributed by atoms with Crippen molar-refractivity contribution in [3.8, 4) is 0 Å². The van der Waals surface area contributed by atoms with Crippen LogP contribution in [0.4, 0.5) is 11.6 Å². The SMILES string of the molecule is CNc1ncnc(NCC2CC2(C)C)c1C(C)C. The number of hydrogen-bond donors (Lipinski definition) is 2. The summed E-state index contributed by atoms with van der Waals surface area (Å²) in [5.41, 5.74) is 1.68. The van der Waals surface area contributed by atoms with E-state index in [-0.39, 0.29) is 0 Å². The maximum atomic E-state index is 4.39. The Labute approximate surface area is 110 Å². The van der Waals surface area contributed by atoms with Crippen LogP contribution in [0.2, 0.25) is 0 Å². The molecule has 1 fully saturated rings. The molecular formula is C14H24N4. The fourth-order valence-corrected chi connectivity index (χ4v) is 2.43. The van der Waals surface area contributed by atoms with Crippen molar-refractivity contribution in [3.05, 3.63) is 11.9 Å². The van der Waals surface area contributed by atoms with Gasteiger partial charge in [0.05, 0.1) is 0 Å². The van der Waals surface area contributed by atoms with Crippen molar-refractivity contribution in [2.75, 3.05) is 24.2 Å². The van der Waals surface area contributed by atoms with Crippen LogP contribution in [0.25, 0.3) is 0 Å². The molecule has 1 aromatic rings. The molecule has 1 aliphatic rings. The Bertz CT molecular complexity index is 426. The van der Waals surface area contributed by atoms with E-state index in [0.29, 0.717) is 11.3 Å². The zero-order valence-corrected chi connectivity index (χ0v) is 12.0. The van der Waals surface area contributed by atoms with Crippen LogP contribution in [0, 0.1) is 11.3 Å². The predicted molar refractivity (Wildman–Crippen MR) is 76.0 cm³/mol. The standard InChI is InChI=1S/C14H24N4/c1-9(2)11-12(15-5)17-8-18-13(11)16-7-10-6-14(10,3)4/h8-10H,6-7H2,1-5H3,(H2,15,16,17,18).